The summed E-state index contributed by atoms with van der Waals surface area (Å²) in [7, 11) is 2.06. The van der Waals surface area contributed by atoms with E-state index in [9.17, 15) is 4.79 Å². The van der Waals surface area contributed by atoms with Crippen LogP contribution in [0.15, 0.2) is 0 Å². The lowest BCUT2D eigenvalue weighted by molar-refractivity contribution is -0.145. The van der Waals surface area contributed by atoms with Gasteiger partial charge in [-0.15, -0.1) is 11.3 Å². The smallest absolute Gasteiger partial charge is 0.315 e. The van der Waals surface area contributed by atoms with Crippen LogP contribution in [0, 0.1) is 5.92 Å². The third-order valence-electron chi connectivity index (χ3n) is 3.24. The lowest BCUT2D eigenvalue weighted by Crippen LogP contribution is -2.22. The van der Waals surface area contributed by atoms with Gasteiger partial charge in [-0.25, -0.2) is 4.98 Å². The third kappa shape index (κ3) is 3.08. The number of nitrogens with zero attached hydrogens (tertiary/aromatic N) is 2. The third-order valence-corrected chi connectivity index (χ3v) is 4.49. The molecule has 0 spiro atoms. The summed E-state index contributed by atoms with van der Waals surface area (Å²) in [6.45, 7) is 7.65. The molecule has 1 aromatic rings. The number of hydrogen-bond donors (Lipinski definition) is 0. The molecule has 5 heteroatoms. The number of carbonyl (C=O) groups is 1. The Morgan fingerprint density at radius 3 is 2.95 bits per heavy atom. The Morgan fingerprint density at radius 2 is 2.32 bits per heavy atom. The lowest BCUT2D eigenvalue weighted by Gasteiger charge is -2.18. The van der Waals surface area contributed by atoms with Crippen molar-refractivity contribution in [2.24, 2.45) is 5.92 Å². The van der Waals surface area contributed by atoms with E-state index in [4.69, 9.17) is 4.74 Å². The molecule has 106 valence electrons. The molecule has 1 heterocycles. The molecule has 19 heavy (non-hydrogen) atoms. The molecule has 0 fully saturated rings. The number of thiazole rings is 1. The molecule has 4 nitrogen and oxygen atoms in total. The summed E-state index contributed by atoms with van der Waals surface area (Å²) in [6.07, 6.45) is 1.80. The van der Waals surface area contributed by atoms with Gasteiger partial charge in [0.2, 0.25) is 0 Å². The molecule has 0 aliphatic heterocycles. The molecule has 0 aromatic carbocycles. The first-order valence-electron chi connectivity index (χ1n) is 6.90. The second-order valence-corrected chi connectivity index (χ2v) is 6.48. The summed E-state index contributed by atoms with van der Waals surface area (Å²) in [5, 5.41) is 1.02. The summed E-state index contributed by atoms with van der Waals surface area (Å²) in [5.41, 5.74) is 0.953. The maximum Gasteiger partial charge on any atom is 0.315 e. The van der Waals surface area contributed by atoms with Crippen LogP contribution in [0.25, 0.3) is 0 Å². The van der Waals surface area contributed by atoms with Gasteiger partial charge in [0.1, 0.15) is 5.92 Å². The topological polar surface area (TPSA) is 42.4 Å². The Morgan fingerprint density at radius 1 is 1.58 bits per heavy atom. The molecule has 1 atom stereocenters. The molecule has 1 aromatic heterocycles. The number of carbonyl (C=O) groups excluding carboxylic acids is 1. The number of aromatic nitrogens is 1. The standard InChI is InChI=1S/C14H22N2O2S/c1-5-18-13(17)10-6-7-11-12(10)15-14(19-11)16(4)8-9(2)3/h9-10H,5-8H2,1-4H3. The Labute approximate surface area is 118 Å². The van der Waals surface area contributed by atoms with Crippen LogP contribution >= 0.6 is 11.3 Å². The van der Waals surface area contributed by atoms with Crippen molar-refractivity contribution in [3.8, 4) is 0 Å². The van der Waals surface area contributed by atoms with Gasteiger partial charge in [0.25, 0.3) is 0 Å². The highest BCUT2D eigenvalue weighted by atomic mass is 32.1. The zero-order chi connectivity index (χ0) is 14.0. The van der Waals surface area contributed by atoms with Crippen LogP contribution in [-0.4, -0.2) is 31.2 Å². The first-order valence-corrected chi connectivity index (χ1v) is 7.72. The highest BCUT2D eigenvalue weighted by molar-refractivity contribution is 7.15. The zero-order valence-corrected chi connectivity index (χ0v) is 12.9. The summed E-state index contributed by atoms with van der Waals surface area (Å²) in [4.78, 5) is 20.0. The predicted octanol–water partition coefficient (Wildman–Crippen LogP) is 2.83. The van der Waals surface area contributed by atoms with Crippen molar-refractivity contribution < 1.29 is 9.53 Å². The molecule has 0 radical (unpaired) electrons. The lowest BCUT2D eigenvalue weighted by atomic mass is 10.1. The molecule has 0 saturated carbocycles. The van der Waals surface area contributed by atoms with Crippen molar-refractivity contribution in [2.45, 2.75) is 39.5 Å². The number of ether oxygens (including phenoxy) is 1. The summed E-state index contributed by atoms with van der Waals surface area (Å²) < 4.78 is 5.13. The van der Waals surface area contributed by atoms with Gasteiger partial charge in [0.15, 0.2) is 5.13 Å². The molecule has 1 aliphatic rings. The minimum absolute atomic E-state index is 0.121. The Kier molecular flexibility index (Phi) is 4.45. The molecule has 0 N–H and O–H groups in total. The summed E-state index contributed by atoms with van der Waals surface area (Å²) >= 11 is 1.72. The van der Waals surface area contributed by atoms with E-state index >= 15 is 0 Å². The quantitative estimate of drug-likeness (QED) is 0.779. The first kappa shape index (κ1) is 14.3. The van der Waals surface area contributed by atoms with Crippen molar-refractivity contribution in [3.63, 3.8) is 0 Å². The molecular formula is C14H22N2O2S. The van der Waals surface area contributed by atoms with E-state index in [0.29, 0.717) is 12.5 Å². The average molecular weight is 282 g/mol. The molecule has 2 rings (SSSR count). The highest BCUT2D eigenvalue weighted by Gasteiger charge is 2.34. The number of aryl methyl sites for hydroxylation is 1. The van der Waals surface area contributed by atoms with Crippen LogP contribution in [0.5, 0.6) is 0 Å². The fraction of sp³-hybridized carbons (Fsp3) is 0.714. The van der Waals surface area contributed by atoms with Gasteiger partial charge in [0.05, 0.1) is 12.3 Å². The summed E-state index contributed by atoms with van der Waals surface area (Å²) in [6, 6.07) is 0. The van der Waals surface area contributed by atoms with Crippen LogP contribution in [0.4, 0.5) is 5.13 Å². The normalized spacial score (nSPS) is 17.6. The van der Waals surface area contributed by atoms with Crippen molar-refractivity contribution >= 4 is 22.4 Å². The number of esters is 1. The zero-order valence-electron chi connectivity index (χ0n) is 12.1. The van der Waals surface area contributed by atoms with Crippen molar-refractivity contribution in [1.82, 2.24) is 4.98 Å². The number of hydrogen-bond acceptors (Lipinski definition) is 5. The maximum absolute atomic E-state index is 11.9. The Balaban J connectivity index is 2.13. The van der Waals surface area contributed by atoms with E-state index in [2.05, 4.69) is 30.8 Å². The highest BCUT2D eigenvalue weighted by Crippen LogP contribution is 2.39. The molecule has 0 bridgehead atoms. The van der Waals surface area contributed by atoms with Crippen LogP contribution < -0.4 is 4.90 Å². The molecule has 0 saturated heterocycles. The molecule has 0 amide bonds. The van der Waals surface area contributed by atoms with E-state index in [1.165, 1.54) is 4.88 Å². The fourth-order valence-electron chi connectivity index (χ4n) is 2.48. The van der Waals surface area contributed by atoms with Crippen LogP contribution in [0.3, 0.4) is 0 Å². The predicted molar refractivity (Wildman–Crippen MR) is 77.9 cm³/mol. The summed E-state index contributed by atoms with van der Waals surface area (Å²) in [5.74, 6) is 0.335. The van der Waals surface area contributed by atoms with Gasteiger partial charge >= 0.3 is 5.97 Å². The van der Waals surface area contributed by atoms with Crippen LogP contribution in [-0.2, 0) is 16.0 Å². The molecule has 1 unspecified atom stereocenters. The second kappa shape index (κ2) is 5.90. The van der Waals surface area contributed by atoms with E-state index in [1.807, 2.05) is 6.92 Å². The van der Waals surface area contributed by atoms with E-state index in [1.54, 1.807) is 11.3 Å². The van der Waals surface area contributed by atoms with Crippen molar-refractivity contribution in [3.05, 3.63) is 10.6 Å². The van der Waals surface area contributed by atoms with Gasteiger partial charge in [-0.3, -0.25) is 4.79 Å². The van der Waals surface area contributed by atoms with Gasteiger partial charge in [-0.05, 0) is 25.7 Å². The minimum Gasteiger partial charge on any atom is -0.465 e. The first-order chi connectivity index (χ1) is 9.02. The second-order valence-electron chi connectivity index (χ2n) is 5.42. The minimum atomic E-state index is -0.146. The monoisotopic (exact) mass is 282 g/mol. The SMILES string of the molecule is CCOC(=O)C1CCc2sc(N(C)CC(C)C)nc21. The van der Waals surface area contributed by atoms with Gasteiger partial charge < -0.3 is 9.64 Å². The molecule has 1 aliphatic carbocycles. The van der Waals surface area contributed by atoms with E-state index < -0.39 is 0 Å². The van der Waals surface area contributed by atoms with Gasteiger partial charge in [-0.1, -0.05) is 13.8 Å². The number of fused-ring (bicyclic) bond motifs is 1. The molecular weight excluding hydrogens is 260 g/mol. The van der Waals surface area contributed by atoms with E-state index in [-0.39, 0.29) is 11.9 Å². The Hall–Kier alpha value is -1.10. The number of rotatable bonds is 5. The van der Waals surface area contributed by atoms with Crippen LogP contribution in [0.1, 0.15) is 43.7 Å². The van der Waals surface area contributed by atoms with Gasteiger partial charge in [-0.2, -0.15) is 0 Å². The average Bonchev–Trinajstić information content (AvgIpc) is 2.86. The number of anilines is 1. The fourth-order valence-corrected chi connectivity index (χ4v) is 3.58. The van der Waals surface area contributed by atoms with Crippen molar-refractivity contribution in [2.75, 3.05) is 25.1 Å². The van der Waals surface area contributed by atoms with Crippen molar-refractivity contribution in [1.29, 1.82) is 0 Å². The maximum atomic E-state index is 11.9. The van der Waals surface area contributed by atoms with Crippen LogP contribution in [0.2, 0.25) is 0 Å². The van der Waals surface area contributed by atoms with E-state index in [0.717, 1.165) is 30.2 Å². The largest absolute Gasteiger partial charge is 0.465 e. The van der Waals surface area contributed by atoms with Gasteiger partial charge in [0, 0.05) is 18.5 Å². The Bertz CT molecular complexity index is 456.